The number of benzene rings is 2. The van der Waals surface area contributed by atoms with Crippen LogP contribution < -0.4 is 5.32 Å². The Bertz CT molecular complexity index is 888. The molecule has 26 heavy (non-hydrogen) atoms. The maximum Gasteiger partial charge on any atom is 0.203 e. The topological polar surface area (TPSA) is 42.3 Å². The number of fused-ring (bicyclic) bond motifs is 1. The minimum absolute atomic E-state index is 0.174. The normalized spacial score (nSPS) is 16.7. The van der Waals surface area contributed by atoms with Gasteiger partial charge in [0.05, 0.1) is 30.3 Å². The van der Waals surface area contributed by atoms with Crippen molar-refractivity contribution in [1.82, 2.24) is 14.5 Å². The number of rotatable bonds is 5. The first-order chi connectivity index (χ1) is 12.7. The number of imidazole rings is 1. The fourth-order valence-electron chi connectivity index (χ4n) is 3.56. The smallest absolute Gasteiger partial charge is 0.203 e. The highest BCUT2D eigenvalue weighted by Gasteiger charge is 2.24. The van der Waals surface area contributed by atoms with E-state index in [4.69, 9.17) is 21.3 Å². The lowest BCUT2D eigenvalue weighted by molar-refractivity contribution is 0.0187. The number of hydrogen-bond acceptors (Lipinski definition) is 4. The standard InChI is InChI=1S/C20H23ClN4O/c1-24-18-9-5-4-8-17(18)23-20(24)22-14-19(25-10-12-26-13-11-25)15-6-2-3-7-16(15)21/h2-9,19H,10-14H2,1H3,(H,22,23)/t19-/m0/s1. The number of ether oxygens (including phenoxy) is 1. The van der Waals surface area contributed by atoms with Gasteiger partial charge >= 0.3 is 0 Å². The first kappa shape index (κ1) is 17.3. The highest BCUT2D eigenvalue weighted by atomic mass is 35.5. The van der Waals surface area contributed by atoms with E-state index in [2.05, 4.69) is 26.9 Å². The summed E-state index contributed by atoms with van der Waals surface area (Å²) in [5, 5.41) is 4.34. The lowest BCUT2D eigenvalue weighted by Gasteiger charge is -2.35. The average molecular weight is 371 g/mol. The summed E-state index contributed by atoms with van der Waals surface area (Å²) in [5.74, 6) is 0.872. The maximum atomic E-state index is 6.51. The quantitative estimate of drug-likeness (QED) is 0.743. The van der Waals surface area contributed by atoms with Crippen LogP contribution in [0.2, 0.25) is 5.02 Å². The number of anilines is 1. The minimum Gasteiger partial charge on any atom is -0.379 e. The Balaban J connectivity index is 1.60. The van der Waals surface area contributed by atoms with Crippen molar-refractivity contribution in [2.24, 2.45) is 7.05 Å². The van der Waals surface area contributed by atoms with Gasteiger partial charge in [0.1, 0.15) is 0 Å². The molecule has 0 spiro atoms. The van der Waals surface area contributed by atoms with E-state index in [1.165, 1.54) is 0 Å². The molecule has 1 atom stereocenters. The summed E-state index contributed by atoms with van der Waals surface area (Å²) in [6.45, 7) is 4.06. The lowest BCUT2D eigenvalue weighted by Crippen LogP contribution is -2.41. The maximum absolute atomic E-state index is 6.51. The second-order valence-electron chi connectivity index (χ2n) is 6.55. The summed E-state index contributed by atoms with van der Waals surface area (Å²) in [4.78, 5) is 7.15. The van der Waals surface area contributed by atoms with Crippen LogP contribution in [-0.2, 0) is 11.8 Å². The van der Waals surface area contributed by atoms with Gasteiger partial charge in [-0.05, 0) is 23.8 Å². The molecule has 4 rings (SSSR count). The van der Waals surface area contributed by atoms with Gasteiger partial charge in [-0.1, -0.05) is 41.9 Å². The third-order valence-electron chi connectivity index (χ3n) is 4.99. The van der Waals surface area contributed by atoms with Crippen LogP contribution in [0.1, 0.15) is 11.6 Å². The lowest BCUT2D eigenvalue weighted by atomic mass is 10.0. The van der Waals surface area contributed by atoms with Gasteiger partial charge in [-0.25, -0.2) is 4.98 Å². The monoisotopic (exact) mass is 370 g/mol. The van der Waals surface area contributed by atoms with Crippen LogP contribution in [0.5, 0.6) is 0 Å². The van der Waals surface area contributed by atoms with Crippen molar-refractivity contribution in [2.45, 2.75) is 6.04 Å². The van der Waals surface area contributed by atoms with Gasteiger partial charge in [0, 0.05) is 31.7 Å². The largest absolute Gasteiger partial charge is 0.379 e. The van der Waals surface area contributed by atoms with Gasteiger partial charge in [0.25, 0.3) is 0 Å². The van der Waals surface area contributed by atoms with Gasteiger partial charge in [-0.15, -0.1) is 0 Å². The SMILES string of the molecule is Cn1c(NC[C@@H](c2ccccc2Cl)N2CCOCC2)nc2ccccc21. The molecule has 5 nitrogen and oxygen atoms in total. The molecule has 3 aromatic rings. The van der Waals surface area contributed by atoms with Gasteiger partial charge in [0.15, 0.2) is 0 Å². The van der Waals surface area contributed by atoms with Crippen molar-refractivity contribution in [3.8, 4) is 0 Å². The van der Waals surface area contributed by atoms with Crippen LogP contribution in [0.3, 0.4) is 0 Å². The van der Waals surface area contributed by atoms with Crippen molar-refractivity contribution >= 4 is 28.6 Å². The van der Waals surface area contributed by atoms with Crippen molar-refractivity contribution in [2.75, 3.05) is 38.2 Å². The van der Waals surface area contributed by atoms with E-state index < -0.39 is 0 Å². The Labute approximate surface area is 158 Å². The molecule has 0 amide bonds. The molecule has 0 saturated carbocycles. The number of morpholine rings is 1. The molecule has 2 heterocycles. The third-order valence-corrected chi connectivity index (χ3v) is 5.34. The van der Waals surface area contributed by atoms with Gasteiger partial charge in [-0.2, -0.15) is 0 Å². The fraction of sp³-hybridized carbons (Fsp3) is 0.350. The predicted molar refractivity (Wildman–Crippen MR) is 106 cm³/mol. The van der Waals surface area contributed by atoms with E-state index in [1.807, 2.05) is 43.4 Å². The molecule has 136 valence electrons. The Hall–Kier alpha value is -2.08. The zero-order chi connectivity index (χ0) is 17.9. The van der Waals surface area contributed by atoms with E-state index >= 15 is 0 Å². The number of para-hydroxylation sites is 2. The summed E-state index contributed by atoms with van der Waals surface area (Å²) >= 11 is 6.51. The van der Waals surface area contributed by atoms with Crippen LogP contribution in [0.25, 0.3) is 11.0 Å². The molecule has 1 saturated heterocycles. The fourth-order valence-corrected chi connectivity index (χ4v) is 3.82. The van der Waals surface area contributed by atoms with Gasteiger partial charge < -0.3 is 14.6 Å². The number of nitrogens with zero attached hydrogens (tertiary/aromatic N) is 3. The highest BCUT2D eigenvalue weighted by Crippen LogP contribution is 2.29. The summed E-state index contributed by atoms with van der Waals surface area (Å²) in [7, 11) is 2.04. The van der Waals surface area contributed by atoms with Crippen LogP contribution in [0, 0.1) is 0 Å². The molecule has 1 aliphatic rings. The highest BCUT2D eigenvalue weighted by molar-refractivity contribution is 6.31. The molecule has 2 aromatic carbocycles. The molecule has 6 heteroatoms. The molecule has 0 unspecified atom stereocenters. The predicted octanol–water partition coefficient (Wildman–Crippen LogP) is 3.71. The average Bonchev–Trinajstić information content (AvgIpc) is 3.00. The van der Waals surface area contributed by atoms with Gasteiger partial charge in [0.2, 0.25) is 5.95 Å². The van der Waals surface area contributed by atoms with Gasteiger partial charge in [-0.3, -0.25) is 4.90 Å². The third kappa shape index (κ3) is 3.43. The molecular weight excluding hydrogens is 348 g/mol. The Morgan fingerprint density at radius 1 is 1.12 bits per heavy atom. The molecule has 0 aliphatic carbocycles. The molecule has 1 fully saturated rings. The van der Waals surface area contributed by atoms with Crippen molar-refractivity contribution in [1.29, 1.82) is 0 Å². The van der Waals surface area contributed by atoms with Crippen molar-refractivity contribution in [3.05, 3.63) is 59.1 Å². The van der Waals surface area contributed by atoms with E-state index in [-0.39, 0.29) is 6.04 Å². The molecule has 1 aromatic heterocycles. The van der Waals surface area contributed by atoms with Crippen LogP contribution in [0.4, 0.5) is 5.95 Å². The first-order valence-corrected chi connectivity index (χ1v) is 9.33. The van der Waals surface area contributed by atoms with Crippen LogP contribution in [0.15, 0.2) is 48.5 Å². The molecule has 0 radical (unpaired) electrons. The van der Waals surface area contributed by atoms with Crippen LogP contribution >= 0.6 is 11.6 Å². The summed E-state index contributed by atoms with van der Waals surface area (Å²) in [5.41, 5.74) is 3.26. The number of halogens is 1. The van der Waals surface area contributed by atoms with Crippen LogP contribution in [-0.4, -0.2) is 47.3 Å². The number of aryl methyl sites for hydroxylation is 1. The molecular formula is C20H23ClN4O. The van der Waals surface area contributed by atoms with E-state index in [0.29, 0.717) is 0 Å². The zero-order valence-electron chi connectivity index (χ0n) is 14.9. The van der Waals surface area contributed by atoms with E-state index in [0.717, 1.165) is 60.4 Å². The van der Waals surface area contributed by atoms with Crippen molar-refractivity contribution in [3.63, 3.8) is 0 Å². The first-order valence-electron chi connectivity index (χ1n) is 8.95. The molecule has 1 N–H and O–H groups in total. The number of nitrogens with one attached hydrogen (secondary N) is 1. The Morgan fingerprint density at radius 3 is 2.62 bits per heavy atom. The summed E-state index contributed by atoms with van der Waals surface area (Å²) in [6.07, 6.45) is 0. The number of aromatic nitrogens is 2. The summed E-state index contributed by atoms with van der Waals surface area (Å²) in [6, 6.07) is 16.4. The Morgan fingerprint density at radius 2 is 1.85 bits per heavy atom. The molecule has 0 bridgehead atoms. The van der Waals surface area contributed by atoms with Crippen molar-refractivity contribution < 1.29 is 4.74 Å². The second-order valence-corrected chi connectivity index (χ2v) is 6.96. The van der Waals surface area contributed by atoms with E-state index in [9.17, 15) is 0 Å². The molecule has 1 aliphatic heterocycles. The second kappa shape index (κ2) is 7.66. The minimum atomic E-state index is 0.174. The summed E-state index contributed by atoms with van der Waals surface area (Å²) < 4.78 is 7.62. The Kier molecular flexibility index (Phi) is 5.11. The zero-order valence-corrected chi connectivity index (χ0v) is 15.6. The number of hydrogen-bond donors (Lipinski definition) is 1. The van der Waals surface area contributed by atoms with E-state index in [1.54, 1.807) is 0 Å².